The quantitative estimate of drug-likeness (QED) is 0.849. The van der Waals surface area contributed by atoms with Crippen LogP contribution >= 0.6 is 0 Å². The van der Waals surface area contributed by atoms with E-state index in [2.05, 4.69) is 4.72 Å². The van der Waals surface area contributed by atoms with E-state index in [1.54, 1.807) is 4.90 Å². The summed E-state index contributed by atoms with van der Waals surface area (Å²) in [6, 6.07) is 7.48. The van der Waals surface area contributed by atoms with Crippen molar-refractivity contribution in [1.82, 2.24) is 9.62 Å². The van der Waals surface area contributed by atoms with Gasteiger partial charge in [0.15, 0.2) is 0 Å². The van der Waals surface area contributed by atoms with Crippen molar-refractivity contribution in [3.05, 3.63) is 35.4 Å². The van der Waals surface area contributed by atoms with Gasteiger partial charge in [-0.15, -0.1) is 0 Å². The van der Waals surface area contributed by atoms with E-state index < -0.39 is 15.6 Å². The van der Waals surface area contributed by atoms with Crippen molar-refractivity contribution in [3.63, 3.8) is 0 Å². The van der Waals surface area contributed by atoms with Gasteiger partial charge in [-0.1, -0.05) is 24.3 Å². The molecule has 6 nitrogen and oxygen atoms in total. The highest BCUT2D eigenvalue weighted by Gasteiger charge is 2.28. The summed E-state index contributed by atoms with van der Waals surface area (Å²) in [6.07, 6.45) is 1.42. The Morgan fingerprint density at radius 1 is 1.31 bits per heavy atom. The molecule has 1 heterocycles. The van der Waals surface area contributed by atoms with E-state index in [4.69, 9.17) is 4.74 Å². The van der Waals surface area contributed by atoms with E-state index in [1.807, 2.05) is 52.0 Å². The van der Waals surface area contributed by atoms with Gasteiger partial charge in [-0.25, -0.2) is 17.9 Å². The first-order valence-electron chi connectivity index (χ1n) is 9.05. The van der Waals surface area contributed by atoms with Crippen LogP contribution in [0.4, 0.5) is 4.79 Å². The fourth-order valence-electron chi connectivity index (χ4n) is 3.00. The number of piperidine rings is 1. The molecular weight excluding hydrogens is 352 g/mol. The zero-order chi connectivity index (χ0) is 19.4. The second-order valence-corrected chi connectivity index (χ2v) is 9.78. The minimum absolute atomic E-state index is 0.0256. The molecule has 1 aliphatic rings. The SMILES string of the molecule is Cc1ccccc1CS(=O)(=O)NCC1CCCN(C(=O)OC(C)(C)C)C1. The molecule has 26 heavy (non-hydrogen) atoms. The highest BCUT2D eigenvalue weighted by Crippen LogP contribution is 2.19. The van der Waals surface area contributed by atoms with Crippen molar-refractivity contribution < 1.29 is 17.9 Å². The predicted octanol–water partition coefficient (Wildman–Crippen LogP) is 3.06. The molecule has 1 fully saturated rings. The number of amides is 1. The second kappa shape index (κ2) is 8.39. The monoisotopic (exact) mass is 382 g/mol. The summed E-state index contributed by atoms with van der Waals surface area (Å²) in [6.45, 7) is 8.94. The van der Waals surface area contributed by atoms with Crippen LogP contribution in [-0.4, -0.2) is 44.6 Å². The van der Waals surface area contributed by atoms with Gasteiger partial charge in [0.2, 0.25) is 10.0 Å². The maximum atomic E-state index is 12.4. The summed E-state index contributed by atoms with van der Waals surface area (Å²) < 4.78 is 32.9. The summed E-state index contributed by atoms with van der Waals surface area (Å²) in [4.78, 5) is 13.9. The van der Waals surface area contributed by atoms with Crippen LogP contribution in [-0.2, 0) is 20.5 Å². The summed E-state index contributed by atoms with van der Waals surface area (Å²) >= 11 is 0. The Morgan fingerprint density at radius 2 is 2.00 bits per heavy atom. The number of carbonyl (C=O) groups is 1. The zero-order valence-corrected chi connectivity index (χ0v) is 16.9. The van der Waals surface area contributed by atoms with Crippen LogP contribution in [0.3, 0.4) is 0 Å². The summed E-state index contributed by atoms with van der Waals surface area (Å²) in [5, 5.41) is 0. The first-order chi connectivity index (χ1) is 12.1. The van der Waals surface area contributed by atoms with Crippen LogP contribution in [0.2, 0.25) is 0 Å². The predicted molar refractivity (Wildman–Crippen MR) is 102 cm³/mol. The molecule has 1 aromatic rings. The van der Waals surface area contributed by atoms with Gasteiger partial charge in [0.25, 0.3) is 0 Å². The molecule has 0 spiro atoms. The van der Waals surface area contributed by atoms with Gasteiger partial charge in [-0.3, -0.25) is 0 Å². The first-order valence-corrected chi connectivity index (χ1v) is 10.7. The molecule has 1 saturated heterocycles. The highest BCUT2D eigenvalue weighted by molar-refractivity contribution is 7.88. The van der Waals surface area contributed by atoms with Crippen molar-refractivity contribution in [1.29, 1.82) is 0 Å². The van der Waals surface area contributed by atoms with E-state index in [-0.39, 0.29) is 17.8 Å². The number of rotatable bonds is 5. The lowest BCUT2D eigenvalue weighted by atomic mass is 9.99. The van der Waals surface area contributed by atoms with Crippen LogP contribution in [0.5, 0.6) is 0 Å². The van der Waals surface area contributed by atoms with Crippen LogP contribution < -0.4 is 4.72 Å². The number of likely N-dealkylation sites (tertiary alicyclic amines) is 1. The average Bonchev–Trinajstić information content (AvgIpc) is 2.54. The van der Waals surface area contributed by atoms with Gasteiger partial charge < -0.3 is 9.64 Å². The Morgan fingerprint density at radius 3 is 2.65 bits per heavy atom. The van der Waals surface area contributed by atoms with E-state index >= 15 is 0 Å². The average molecular weight is 383 g/mol. The van der Waals surface area contributed by atoms with Crippen LogP contribution in [0.1, 0.15) is 44.7 Å². The summed E-state index contributed by atoms with van der Waals surface area (Å²) in [5.41, 5.74) is 1.24. The normalized spacial score (nSPS) is 18.6. The fourth-order valence-corrected chi connectivity index (χ4v) is 4.32. The van der Waals surface area contributed by atoms with Gasteiger partial charge >= 0.3 is 6.09 Å². The summed E-state index contributed by atoms with van der Waals surface area (Å²) in [7, 11) is -3.41. The zero-order valence-electron chi connectivity index (χ0n) is 16.1. The van der Waals surface area contributed by atoms with Crippen molar-refractivity contribution in [2.75, 3.05) is 19.6 Å². The van der Waals surface area contributed by atoms with Gasteiger partial charge in [0, 0.05) is 19.6 Å². The summed E-state index contributed by atoms with van der Waals surface area (Å²) in [5.74, 6) is 0.0743. The Labute approximate surface area is 157 Å². The van der Waals surface area contributed by atoms with Gasteiger partial charge in [0.05, 0.1) is 5.75 Å². The molecule has 1 atom stereocenters. The lowest BCUT2D eigenvalue weighted by molar-refractivity contribution is 0.0169. The number of nitrogens with zero attached hydrogens (tertiary/aromatic N) is 1. The van der Waals surface area contributed by atoms with Crippen molar-refractivity contribution in [2.24, 2.45) is 5.92 Å². The van der Waals surface area contributed by atoms with Crippen LogP contribution in [0, 0.1) is 12.8 Å². The Kier molecular flexibility index (Phi) is 6.69. The van der Waals surface area contributed by atoms with Gasteiger partial charge in [-0.2, -0.15) is 0 Å². The Bertz CT molecular complexity index is 725. The van der Waals surface area contributed by atoms with E-state index in [1.165, 1.54) is 0 Å². The maximum absolute atomic E-state index is 12.4. The van der Waals surface area contributed by atoms with Crippen molar-refractivity contribution in [2.45, 2.75) is 51.9 Å². The third-order valence-electron chi connectivity index (χ3n) is 4.37. The number of hydrogen-bond acceptors (Lipinski definition) is 4. The molecule has 0 aromatic heterocycles. The molecule has 1 unspecified atom stereocenters. The number of nitrogens with one attached hydrogen (secondary N) is 1. The molecule has 2 rings (SSSR count). The highest BCUT2D eigenvalue weighted by atomic mass is 32.2. The number of carbonyl (C=O) groups excluding carboxylic acids is 1. The smallest absolute Gasteiger partial charge is 0.410 e. The standard InChI is InChI=1S/C19H30N2O4S/c1-15-8-5-6-10-17(15)14-26(23,24)20-12-16-9-7-11-21(13-16)18(22)25-19(2,3)4/h5-6,8,10,16,20H,7,9,11-14H2,1-4H3. The van der Waals surface area contributed by atoms with Crippen molar-refractivity contribution in [3.8, 4) is 0 Å². The molecule has 146 valence electrons. The minimum atomic E-state index is -3.41. The molecule has 1 amide bonds. The van der Waals surface area contributed by atoms with Crippen molar-refractivity contribution >= 4 is 16.1 Å². The maximum Gasteiger partial charge on any atom is 0.410 e. The molecule has 1 aliphatic heterocycles. The minimum Gasteiger partial charge on any atom is -0.444 e. The third-order valence-corrected chi connectivity index (χ3v) is 5.67. The third kappa shape index (κ3) is 6.61. The molecule has 1 N–H and O–H groups in total. The van der Waals surface area contributed by atoms with Gasteiger partial charge in [0.1, 0.15) is 5.60 Å². The van der Waals surface area contributed by atoms with E-state index in [9.17, 15) is 13.2 Å². The van der Waals surface area contributed by atoms with E-state index in [0.29, 0.717) is 19.6 Å². The molecule has 0 bridgehead atoms. The largest absolute Gasteiger partial charge is 0.444 e. The lowest BCUT2D eigenvalue weighted by Gasteiger charge is -2.34. The molecular formula is C19H30N2O4S. The molecule has 1 aromatic carbocycles. The first kappa shape index (κ1) is 20.7. The van der Waals surface area contributed by atoms with E-state index in [0.717, 1.165) is 24.0 Å². The number of aryl methyl sites for hydroxylation is 1. The second-order valence-electron chi connectivity index (χ2n) is 7.97. The molecule has 0 radical (unpaired) electrons. The number of hydrogen-bond donors (Lipinski definition) is 1. The molecule has 0 saturated carbocycles. The fraction of sp³-hybridized carbons (Fsp3) is 0.632. The number of ether oxygens (including phenoxy) is 1. The van der Waals surface area contributed by atoms with Gasteiger partial charge in [-0.05, 0) is 57.6 Å². The number of sulfonamides is 1. The Balaban J connectivity index is 1.88. The Hall–Kier alpha value is -1.60. The molecule has 7 heteroatoms. The molecule has 0 aliphatic carbocycles. The lowest BCUT2D eigenvalue weighted by Crippen LogP contribution is -2.45. The van der Waals surface area contributed by atoms with Crippen LogP contribution in [0.15, 0.2) is 24.3 Å². The van der Waals surface area contributed by atoms with Crippen LogP contribution in [0.25, 0.3) is 0 Å². The number of benzene rings is 1. The topological polar surface area (TPSA) is 75.7 Å².